The van der Waals surface area contributed by atoms with Crippen molar-refractivity contribution in [2.75, 3.05) is 16.8 Å². The first kappa shape index (κ1) is 12.4. The second-order valence-corrected chi connectivity index (χ2v) is 5.94. The maximum atomic E-state index is 12.6. The smallest absolute Gasteiger partial charge is 0.293 e. The summed E-state index contributed by atoms with van der Waals surface area (Å²) in [5.41, 5.74) is 2.51. The van der Waals surface area contributed by atoms with Gasteiger partial charge in [-0.15, -0.1) is 5.10 Å². The predicted octanol–water partition coefficient (Wildman–Crippen LogP) is 2.29. The summed E-state index contributed by atoms with van der Waals surface area (Å²) in [5.74, 6) is 0.481. The van der Waals surface area contributed by atoms with Gasteiger partial charge in [0.25, 0.3) is 0 Å². The molecule has 0 bridgehead atoms. The van der Waals surface area contributed by atoms with Crippen molar-refractivity contribution in [3.63, 3.8) is 0 Å². The molecule has 1 saturated carbocycles. The van der Waals surface area contributed by atoms with E-state index < -0.39 is 0 Å². The number of amides is 2. The number of anilines is 2. The van der Waals surface area contributed by atoms with Crippen LogP contribution in [0.15, 0.2) is 30.5 Å². The molecule has 1 fully saturated rings. The molecule has 21 heavy (non-hydrogen) atoms. The number of para-hydroxylation sites is 1. The molecule has 1 aliphatic heterocycles. The first-order valence-electron chi connectivity index (χ1n) is 7.22. The number of nitrogens with one attached hydrogen (secondary N) is 1. The van der Waals surface area contributed by atoms with Gasteiger partial charge in [0.2, 0.25) is 0 Å². The van der Waals surface area contributed by atoms with Gasteiger partial charge >= 0.3 is 6.03 Å². The van der Waals surface area contributed by atoms with E-state index in [0.29, 0.717) is 5.82 Å². The molecule has 4 rings (SSSR count). The van der Waals surface area contributed by atoms with E-state index in [-0.39, 0.29) is 11.4 Å². The highest BCUT2D eigenvalue weighted by atomic mass is 16.2. The zero-order chi connectivity index (χ0) is 14.4. The first-order chi connectivity index (χ1) is 10.2. The molecule has 2 amide bonds. The second-order valence-electron chi connectivity index (χ2n) is 5.94. The zero-order valence-corrected chi connectivity index (χ0v) is 11.9. The van der Waals surface area contributed by atoms with Crippen LogP contribution in [0.2, 0.25) is 0 Å². The molecule has 6 nitrogen and oxygen atoms in total. The van der Waals surface area contributed by atoms with Crippen molar-refractivity contribution in [2.24, 2.45) is 7.05 Å². The van der Waals surface area contributed by atoms with Gasteiger partial charge in [-0.3, -0.25) is 14.9 Å². The van der Waals surface area contributed by atoms with E-state index in [4.69, 9.17) is 0 Å². The Labute approximate surface area is 122 Å². The number of benzene rings is 1. The lowest BCUT2D eigenvalue weighted by Crippen LogP contribution is -2.42. The molecular formula is C15H17N5O. The molecule has 1 aliphatic carbocycles. The number of rotatable bonds is 1. The van der Waals surface area contributed by atoms with Crippen LogP contribution in [0.1, 0.15) is 24.8 Å². The average molecular weight is 283 g/mol. The predicted molar refractivity (Wildman–Crippen MR) is 79.3 cm³/mol. The Morgan fingerprint density at radius 1 is 1.33 bits per heavy atom. The molecule has 108 valence electrons. The van der Waals surface area contributed by atoms with Gasteiger partial charge in [-0.25, -0.2) is 4.79 Å². The first-order valence-corrected chi connectivity index (χ1v) is 7.22. The third-order valence-corrected chi connectivity index (χ3v) is 4.62. The molecule has 2 heterocycles. The highest BCUT2D eigenvalue weighted by molar-refractivity contribution is 6.03. The molecule has 0 atom stereocenters. The monoisotopic (exact) mass is 283 g/mol. The molecule has 2 aromatic rings. The minimum atomic E-state index is -0.133. The summed E-state index contributed by atoms with van der Waals surface area (Å²) in [7, 11) is 1.77. The SMILES string of the molecule is Cn1cc(NC(=O)N2CC3(CCC3)c3ccccc32)nn1. The summed E-state index contributed by atoms with van der Waals surface area (Å²) in [4.78, 5) is 14.4. The van der Waals surface area contributed by atoms with Crippen LogP contribution in [-0.2, 0) is 12.5 Å². The Kier molecular flexibility index (Phi) is 2.54. The minimum absolute atomic E-state index is 0.133. The summed E-state index contributed by atoms with van der Waals surface area (Å²) in [6.45, 7) is 0.762. The van der Waals surface area contributed by atoms with Crippen molar-refractivity contribution in [3.05, 3.63) is 36.0 Å². The third kappa shape index (κ3) is 1.82. The number of hydrogen-bond donors (Lipinski definition) is 1. The highest BCUT2D eigenvalue weighted by Gasteiger charge is 2.48. The van der Waals surface area contributed by atoms with E-state index in [1.807, 2.05) is 17.0 Å². The molecule has 1 aromatic heterocycles. The van der Waals surface area contributed by atoms with Gasteiger partial charge in [0.15, 0.2) is 5.82 Å². The van der Waals surface area contributed by atoms with Gasteiger partial charge in [-0.2, -0.15) is 0 Å². The van der Waals surface area contributed by atoms with Crippen LogP contribution in [0.25, 0.3) is 0 Å². The van der Waals surface area contributed by atoms with Gasteiger partial charge in [-0.05, 0) is 24.5 Å². The van der Waals surface area contributed by atoms with Crippen LogP contribution in [-0.4, -0.2) is 27.6 Å². The molecule has 1 spiro atoms. The van der Waals surface area contributed by atoms with Gasteiger partial charge in [-0.1, -0.05) is 29.8 Å². The van der Waals surface area contributed by atoms with Crippen molar-refractivity contribution < 1.29 is 4.79 Å². The Bertz CT molecular complexity index is 704. The molecule has 1 aromatic carbocycles. The quantitative estimate of drug-likeness (QED) is 0.873. The molecule has 0 saturated heterocycles. The highest BCUT2D eigenvalue weighted by Crippen LogP contribution is 2.52. The van der Waals surface area contributed by atoms with E-state index in [2.05, 4.69) is 27.8 Å². The van der Waals surface area contributed by atoms with E-state index in [9.17, 15) is 4.79 Å². The fourth-order valence-electron chi connectivity index (χ4n) is 3.42. The lowest BCUT2D eigenvalue weighted by Gasteiger charge is -2.38. The Morgan fingerprint density at radius 3 is 2.81 bits per heavy atom. The molecule has 0 radical (unpaired) electrons. The minimum Gasteiger partial charge on any atom is -0.293 e. The summed E-state index contributed by atoms with van der Waals surface area (Å²) < 4.78 is 1.57. The van der Waals surface area contributed by atoms with Crippen LogP contribution < -0.4 is 10.2 Å². The van der Waals surface area contributed by atoms with E-state index in [1.54, 1.807) is 17.9 Å². The lowest BCUT2D eigenvalue weighted by molar-refractivity contribution is 0.244. The van der Waals surface area contributed by atoms with Gasteiger partial charge in [0.1, 0.15) is 0 Å². The molecule has 6 heteroatoms. The summed E-state index contributed by atoms with van der Waals surface area (Å²) in [6.07, 6.45) is 5.27. The molecular weight excluding hydrogens is 266 g/mol. The maximum Gasteiger partial charge on any atom is 0.327 e. The van der Waals surface area contributed by atoms with Crippen molar-refractivity contribution in [1.82, 2.24) is 15.0 Å². The number of hydrogen-bond acceptors (Lipinski definition) is 3. The molecule has 1 N–H and O–H groups in total. The van der Waals surface area contributed by atoms with Crippen molar-refractivity contribution in [2.45, 2.75) is 24.7 Å². The number of fused-ring (bicyclic) bond motifs is 2. The van der Waals surface area contributed by atoms with Crippen molar-refractivity contribution >= 4 is 17.5 Å². The second kappa shape index (κ2) is 4.31. The van der Waals surface area contributed by atoms with Crippen molar-refractivity contribution in [3.8, 4) is 0 Å². The van der Waals surface area contributed by atoms with Crippen LogP contribution >= 0.6 is 0 Å². The maximum absolute atomic E-state index is 12.6. The number of aryl methyl sites for hydroxylation is 1. The number of carbonyl (C=O) groups is 1. The Morgan fingerprint density at radius 2 is 2.14 bits per heavy atom. The summed E-state index contributed by atoms with van der Waals surface area (Å²) >= 11 is 0. The Hall–Kier alpha value is -2.37. The number of carbonyl (C=O) groups excluding carboxylic acids is 1. The fraction of sp³-hybridized carbons (Fsp3) is 0.400. The van der Waals surface area contributed by atoms with Crippen LogP contribution in [0, 0.1) is 0 Å². The van der Waals surface area contributed by atoms with Crippen molar-refractivity contribution in [1.29, 1.82) is 0 Å². The summed E-state index contributed by atoms with van der Waals surface area (Å²) in [5, 5.41) is 10.6. The largest absolute Gasteiger partial charge is 0.327 e. The van der Waals surface area contributed by atoms with Crippen LogP contribution in [0.3, 0.4) is 0 Å². The number of urea groups is 1. The normalized spacial score (nSPS) is 18.4. The number of nitrogens with zero attached hydrogens (tertiary/aromatic N) is 4. The van der Waals surface area contributed by atoms with Gasteiger partial charge in [0.05, 0.1) is 6.20 Å². The van der Waals surface area contributed by atoms with Gasteiger partial charge < -0.3 is 0 Å². The van der Waals surface area contributed by atoms with E-state index in [0.717, 1.165) is 12.2 Å². The molecule has 2 aliphatic rings. The van der Waals surface area contributed by atoms with E-state index in [1.165, 1.54) is 24.8 Å². The average Bonchev–Trinajstić information content (AvgIpc) is 2.99. The molecule has 0 unspecified atom stereocenters. The zero-order valence-electron chi connectivity index (χ0n) is 11.9. The van der Waals surface area contributed by atoms with Gasteiger partial charge in [0, 0.05) is 24.7 Å². The third-order valence-electron chi connectivity index (χ3n) is 4.62. The van der Waals surface area contributed by atoms with E-state index >= 15 is 0 Å². The lowest BCUT2D eigenvalue weighted by atomic mass is 9.66. The van der Waals surface area contributed by atoms with Crippen LogP contribution in [0.5, 0.6) is 0 Å². The number of aromatic nitrogens is 3. The summed E-state index contributed by atoms with van der Waals surface area (Å²) in [6, 6.07) is 8.09. The topological polar surface area (TPSA) is 63.1 Å². The standard InChI is InChI=1S/C15H17N5O/c1-19-9-13(17-18-19)16-14(21)20-10-15(7-4-8-15)11-5-2-3-6-12(11)20/h2-3,5-6,9H,4,7-8,10H2,1H3,(H,16,21). The Balaban J connectivity index is 1.62. The fourth-order valence-corrected chi connectivity index (χ4v) is 3.42. The van der Waals surface area contributed by atoms with Crippen LogP contribution in [0.4, 0.5) is 16.3 Å².